The van der Waals surface area contributed by atoms with Crippen molar-refractivity contribution in [1.29, 1.82) is 0 Å². The number of halogens is 1. The number of fused-ring (bicyclic) bond motifs is 5. The lowest BCUT2D eigenvalue weighted by Gasteiger charge is -2.07. The van der Waals surface area contributed by atoms with Crippen molar-refractivity contribution >= 4 is 48.5 Å². The molecule has 0 N–H and O–H groups in total. The monoisotopic (exact) mass is 372 g/mol. The fourth-order valence-electron chi connectivity index (χ4n) is 3.40. The van der Waals surface area contributed by atoms with E-state index in [-0.39, 0.29) is 0 Å². The van der Waals surface area contributed by atoms with Crippen LogP contribution in [0.25, 0.3) is 38.3 Å². The second-order valence-electron chi connectivity index (χ2n) is 5.91. The van der Waals surface area contributed by atoms with Gasteiger partial charge in [-0.25, -0.2) is 4.98 Å². The molecule has 2 nitrogen and oxygen atoms in total. The molecule has 0 atom stereocenters. The molecule has 0 radical (unpaired) electrons. The molecule has 0 spiro atoms. The van der Waals surface area contributed by atoms with Gasteiger partial charge in [0, 0.05) is 15.5 Å². The third-order valence-electron chi connectivity index (χ3n) is 4.52. The highest BCUT2D eigenvalue weighted by atomic mass is 79.9. The Labute approximate surface area is 147 Å². The maximum atomic E-state index is 4.71. The van der Waals surface area contributed by atoms with Gasteiger partial charge in [0.2, 0.25) is 0 Å². The summed E-state index contributed by atoms with van der Waals surface area (Å²) in [5, 5.41) is 4.98. The standard InChI is InChI=1S/C21H13BrN2/c22-15-5-3-6-16(12-15)24-13-23-21-19-9-8-14-4-1-2-7-17(14)18(19)10-11-20(21)24/h1-13H. The lowest BCUT2D eigenvalue weighted by Crippen LogP contribution is -1.91. The lowest BCUT2D eigenvalue weighted by atomic mass is 10.0. The van der Waals surface area contributed by atoms with E-state index >= 15 is 0 Å². The zero-order chi connectivity index (χ0) is 16.1. The number of aromatic nitrogens is 2. The Kier molecular flexibility index (Phi) is 2.97. The van der Waals surface area contributed by atoms with Crippen molar-refractivity contribution < 1.29 is 0 Å². The van der Waals surface area contributed by atoms with Crippen LogP contribution in [0.1, 0.15) is 0 Å². The molecule has 0 aliphatic rings. The SMILES string of the molecule is Brc1cccc(-n2cnc3c4ccc5ccccc5c4ccc32)c1. The van der Waals surface area contributed by atoms with Crippen LogP contribution in [0.2, 0.25) is 0 Å². The van der Waals surface area contributed by atoms with Crippen molar-refractivity contribution in [1.82, 2.24) is 9.55 Å². The third-order valence-corrected chi connectivity index (χ3v) is 5.02. The van der Waals surface area contributed by atoms with Crippen LogP contribution in [-0.2, 0) is 0 Å². The van der Waals surface area contributed by atoms with Crippen LogP contribution in [0.4, 0.5) is 0 Å². The molecule has 0 bridgehead atoms. The second kappa shape index (κ2) is 5.18. The van der Waals surface area contributed by atoms with Crippen molar-refractivity contribution in [2.24, 2.45) is 0 Å². The zero-order valence-corrected chi connectivity index (χ0v) is 14.4. The summed E-state index contributed by atoms with van der Waals surface area (Å²) < 4.78 is 3.20. The van der Waals surface area contributed by atoms with Gasteiger partial charge in [-0.1, -0.05) is 64.5 Å². The van der Waals surface area contributed by atoms with Gasteiger partial charge in [-0.2, -0.15) is 0 Å². The average Bonchev–Trinajstić information content (AvgIpc) is 3.06. The second-order valence-corrected chi connectivity index (χ2v) is 6.83. The number of hydrogen-bond donors (Lipinski definition) is 0. The van der Waals surface area contributed by atoms with Crippen LogP contribution in [0.5, 0.6) is 0 Å². The van der Waals surface area contributed by atoms with Gasteiger partial charge in [-0.3, -0.25) is 4.57 Å². The van der Waals surface area contributed by atoms with Crippen molar-refractivity contribution in [3.05, 3.63) is 83.6 Å². The Bertz CT molecular complexity index is 1220. The number of nitrogens with zero attached hydrogens (tertiary/aromatic N) is 2. The number of imidazole rings is 1. The Morgan fingerprint density at radius 3 is 2.54 bits per heavy atom. The van der Waals surface area contributed by atoms with Crippen molar-refractivity contribution in [2.45, 2.75) is 0 Å². The van der Waals surface area contributed by atoms with Gasteiger partial charge < -0.3 is 0 Å². The molecule has 5 aromatic rings. The van der Waals surface area contributed by atoms with Crippen LogP contribution in [0, 0.1) is 0 Å². The molecule has 1 heterocycles. The molecule has 0 saturated carbocycles. The Morgan fingerprint density at radius 1 is 0.750 bits per heavy atom. The summed E-state index contributed by atoms with van der Waals surface area (Å²) in [7, 11) is 0. The summed E-state index contributed by atoms with van der Waals surface area (Å²) in [6, 6.07) is 25.5. The first-order chi connectivity index (χ1) is 11.8. The molecule has 114 valence electrons. The van der Waals surface area contributed by atoms with Crippen LogP contribution in [0.3, 0.4) is 0 Å². The molecular formula is C21H13BrN2. The van der Waals surface area contributed by atoms with E-state index < -0.39 is 0 Å². The lowest BCUT2D eigenvalue weighted by molar-refractivity contribution is 1.09. The highest BCUT2D eigenvalue weighted by Gasteiger charge is 2.10. The minimum atomic E-state index is 1.04. The van der Waals surface area contributed by atoms with Crippen molar-refractivity contribution in [3.8, 4) is 5.69 Å². The summed E-state index contributed by atoms with van der Waals surface area (Å²) in [5.74, 6) is 0. The molecule has 0 aliphatic heterocycles. The Balaban J connectivity index is 1.85. The first-order valence-corrected chi connectivity index (χ1v) is 8.64. The highest BCUT2D eigenvalue weighted by Crippen LogP contribution is 2.31. The van der Waals surface area contributed by atoms with Crippen molar-refractivity contribution in [2.75, 3.05) is 0 Å². The van der Waals surface area contributed by atoms with E-state index in [0.717, 1.165) is 21.2 Å². The fraction of sp³-hybridized carbons (Fsp3) is 0. The minimum Gasteiger partial charge on any atom is -0.299 e. The molecule has 4 aromatic carbocycles. The topological polar surface area (TPSA) is 17.8 Å². The number of hydrogen-bond acceptors (Lipinski definition) is 1. The number of rotatable bonds is 1. The first kappa shape index (κ1) is 13.8. The summed E-state index contributed by atoms with van der Waals surface area (Å²) in [4.78, 5) is 4.71. The van der Waals surface area contributed by atoms with E-state index in [1.165, 1.54) is 21.5 Å². The van der Waals surface area contributed by atoms with Gasteiger partial charge in [0.15, 0.2) is 0 Å². The molecule has 0 saturated heterocycles. The maximum Gasteiger partial charge on any atom is 0.100 e. The largest absolute Gasteiger partial charge is 0.299 e. The summed E-state index contributed by atoms with van der Waals surface area (Å²) >= 11 is 3.54. The molecule has 0 amide bonds. The number of benzene rings is 4. The minimum absolute atomic E-state index is 1.04. The average molecular weight is 373 g/mol. The van der Waals surface area contributed by atoms with Gasteiger partial charge in [0.1, 0.15) is 6.33 Å². The highest BCUT2D eigenvalue weighted by molar-refractivity contribution is 9.10. The quantitative estimate of drug-likeness (QED) is 0.325. The predicted octanol–water partition coefficient (Wildman–Crippen LogP) is 6.09. The van der Waals surface area contributed by atoms with E-state index in [9.17, 15) is 0 Å². The van der Waals surface area contributed by atoms with Crippen LogP contribution in [0.15, 0.2) is 83.6 Å². The van der Waals surface area contributed by atoms with Crippen LogP contribution in [-0.4, -0.2) is 9.55 Å². The van der Waals surface area contributed by atoms with Gasteiger partial charge in [-0.15, -0.1) is 0 Å². The van der Waals surface area contributed by atoms with Crippen LogP contribution < -0.4 is 0 Å². The molecule has 0 unspecified atom stereocenters. The van der Waals surface area contributed by atoms with Gasteiger partial charge in [0.05, 0.1) is 11.0 Å². The summed E-state index contributed by atoms with van der Waals surface area (Å²) in [6.45, 7) is 0. The molecule has 0 fully saturated rings. The van der Waals surface area contributed by atoms with Gasteiger partial charge >= 0.3 is 0 Å². The third kappa shape index (κ3) is 1.98. The Morgan fingerprint density at radius 2 is 1.62 bits per heavy atom. The zero-order valence-electron chi connectivity index (χ0n) is 12.8. The van der Waals surface area contributed by atoms with Gasteiger partial charge in [0.25, 0.3) is 0 Å². The molecule has 5 rings (SSSR count). The first-order valence-electron chi connectivity index (χ1n) is 7.85. The predicted molar refractivity (Wildman–Crippen MR) is 104 cm³/mol. The van der Waals surface area contributed by atoms with E-state index in [0.29, 0.717) is 0 Å². The van der Waals surface area contributed by atoms with Crippen LogP contribution >= 0.6 is 15.9 Å². The molecular weight excluding hydrogens is 360 g/mol. The maximum absolute atomic E-state index is 4.71. The molecule has 3 heteroatoms. The smallest absolute Gasteiger partial charge is 0.100 e. The van der Waals surface area contributed by atoms with E-state index in [2.05, 4.69) is 81.2 Å². The summed E-state index contributed by atoms with van der Waals surface area (Å²) in [5.41, 5.74) is 3.26. The van der Waals surface area contributed by atoms with E-state index in [4.69, 9.17) is 4.98 Å². The normalized spacial score (nSPS) is 11.5. The van der Waals surface area contributed by atoms with Crippen molar-refractivity contribution in [3.63, 3.8) is 0 Å². The molecule has 1 aromatic heterocycles. The summed E-state index contributed by atoms with van der Waals surface area (Å²) in [6.07, 6.45) is 1.90. The fourth-order valence-corrected chi connectivity index (χ4v) is 3.79. The molecule has 0 aliphatic carbocycles. The van der Waals surface area contributed by atoms with E-state index in [1.54, 1.807) is 0 Å². The van der Waals surface area contributed by atoms with E-state index in [1.807, 2.05) is 18.5 Å². The Hall–Kier alpha value is -2.65. The molecule has 24 heavy (non-hydrogen) atoms. The van der Waals surface area contributed by atoms with Gasteiger partial charge in [-0.05, 0) is 40.4 Å².